The number of fused-ring (bicyclic) bond motifs is 1. The van der Waals surface area contributed by atoms with Crippen LogP contribution >= 0.6 is 11.3 Å². The largest absolute Gasteiger partial charge is 0.337 e. The highest BCUT2D eigenvalue weighted by molar-refractivity contribution is 7.10. The van der Waals surface area contributed by atoms with Crippen LogP contribution < -0.4 is 5.32 Å². The third-order valence-corrected chi connectivity index (χ3v) is 4.55. The molecule has 1 aliphatic rings. The standard InChI is InChI=1S/C13H17N3OS/c1-3-8(2)12-15-13(17-16-12)11-9-5-7-18-10(9)4-6-14-11/h5,7-8,11,14H,3-4,6H2,1-2H3. The lowest BCUT2D eigenvalue weighted by molar-refractivity contribution is 0.339. The second-order valence-electron chi connectivity index (χ2n) is 4.74. The average Bonchev–Trinajstić information content (AvgIpc) is 3.05. The van der Waals surface area contributed by atoms with Crippen LogP contribution in [-0.2, 0) is 6.42 Å². The lowest BCUT2D eigenvalue weighted by Gasteiger charge is -2.20. The van der Waals surface area contributed by atoms with E-state index in [0.717, 1.165) is 25.2 Å². The topological polar surface area (TPSA) is 51.0 Å². The number of aromatic nitrogens is 2. The molecule has 0 aliphatic carbocycles. The van der Waals surface area contributed by atoms with Gasteiger partial charge >= 0.3 is 0 Å². The Kier molecular flexibility index (Phi) is 3.18. The van der Waals surface area contributed by atoms with Crippen molar-refractivity contribution < 1.29 is 4.52 Å². The van der Waals surface area contributed by atoms with E-state index in [0.29, 0.717) is 11.8 Å². The maximum atomic E-state index is 5.43. The van der Waals surface area contributed by atoms with Crippen LogP contribution in [-0.4, -0.2) is 16.7 Å². The number of hydrogen-bond acceptors (Lipinski definition) is 5. The number of nitrogens with zero attached hydrogens (tertiary/aromatic N) is 2. The molecule has 5 heteroatoms. The smallest absolute Gasteiger partial charge is 0.248 e. The van der Waals surface area contributed by atoms with Crippen molar-refractivity contribution in [3.05, 3.63) is 33.6 Å². The predicted molar refractivity (Wildman–Crippen MR) is 70.9 cm³/mol. The number of nitrogens with one attached hydrogen (secondary N) is 1. The lowest BCUT2D eigenvalue weighted by atomic mass is 10.0. The average molecular weight is 263 g/mol. The van der Waals surface area contributed by atoms with E-state index >= 15 is 0 Å². The molecular formula is C13H17N3OS. The SMILES string of the molecule is CCC(C)c1noc(C2NCCc3sccc32)n1. The van der Waals surface area contributed by atoms with Gasteiger partial charge in [-0.15, -0.1) is 11.3 Å². The molecule has 2 unspecified atom stereocenters. The quantitative estimate of drug-likeness (QED) is 0.925. The summed E-state index contributed by atoms with van der Waals surface area (Å²) in [5, 5.41) is 9.69. The van der Waals surface area contributed by atoms with Crippen LogP contribution in [0.3, 0.4) is 0 Å². The van der Waals surface area contributed by atoms with E-state index in [-0.39, 0.29) is 6.04 Å². The van der Waals surface area contributed by atoms with Crippen molar-refractivity contribution in [2.45, 2.75) is 38.6 Å². The molecular weight excluding hydrogens is 246 g/mol. The minimum Gasteiger partial charge on any atom is -0.337 e. The van der Waals surface area contributed by atoms with Crippen molar-refractivity contribution in [1.29, 1.82) is 0 Å². The van der Waals surface area contributed by atoms with Gasteiger partial charge in [-0.1, -0.05) is 19.0 Å². The molecule has 96 valence electrons. The summed E-state index contributed by atoms with van der Waals surface area (Å²) in [7, 11) is 0. The van der Waals surface area contributed by atoms with E-state index in [1.54, 1.807) is 0 Å². The van der Waals surface area contributed by atoms with Crippen LogP contribution in [0.25, 0.3) is 0 Å². The molecule has 0 spiro atoms. The van der Waals surface area contributed by atoms with Crippen LogP contribution in [0, 0.1) is 0 Å². The Hall–Kier alpha value is -1.20. The van der Waals surface area contributed by atoms with Crippen LogP contribution in [0.2, 0.25) is 0 Å². The van der Waals surface area contributed by atoms with Crippen LogP contribution in [0.5, 0.6) is 0 Å². The highest BCUT2D eigenvalue weighted by Gasteiger charge is 2.27. The minimum atomic E-state index is 0.0744. The maximum Gasteiger partial charge on any atom is 0.248 e. The lowest BCUT2D eigenvalue weighted by Crippen LogP contribution is -2.29. The molecule has 2 atom stereocenters. The fraction of sp³-hybridized carbons (Fsp3) is 0.538. The van der Waals surface area contributed by atoms with Gasteiger partial charge in [0.05, 0.1) is 0 Å². The van der Waals surface area contributed by atoms with Crippen molar-refractivity contribution in [1.82, 2.24) is 15.5 Å². The molecule has 0 fully saturated rings. The fourth-order valence-electron chi connectivity index (χ4n) is 2.22. The molecule has 0 bridgehead atoms. The minimum absolute atomic E-state index is 0.0744. The highest BCUT2D eigenvalue weighted by Crippen LogP contribution is 2.31. The van der Waals surface area contributed by atoms with Gasteiger partial charge in [0.2, 0.25) is 5.89 Å². The zero-order valence-electron chi connectivity index (χ0n) is 10.6. The summed E-state index contributed by atoms with van der Waals surface area (Å²) in [6.45, 7) is 5.23. The third kappa shape index (κ3) is 1.97. The molecule has 0 saturated carbocycles. The van der Waals surface area contributed by atoms with Crippen LogP contribution in [0.15, 0.2) is 16.0 Å². The zero-order chi connectivity index (χ0) is 12.5. The van der Waals surface area contributed by atoms with E-state index in [1.165, 1.54) is 10.4 Å². The predicted octanol–water partition coefficient (Wildman–Crippen LogP) is 2.88. The van der Waals surface area contributed by atoms with Gasteiger partial charge < -0.3 is 9.84 Å². The Balaban J connectivity index is 1.90. The van der Waals surface area contributed by atoms with E-state index in [9.17, 15) is 0 Å². The second-order valence-corrected chi connectivity index (χ2v) is 5.74. The normalized spacial score (nSPS) is 20.7. The van der Waals surface area contributed by atoms with Crippen molar-refractivity contribution in [3.63, 3.8) is 0 Å². The zero-order valence-corrected chi connectivity index (χ0v) is 11.5. The third-order valence-electron chi connectivity index (χ3n) is 3.55. The van der Waals surface area contributed by atoms with Crippen molar-refractivity contribution >= 4 is 11.3 Å². The Labute approximate surface area is 110 Å². The summed E-state index contributed by atoms with van der Waals surface area (Å²) in [4.78, 5) is 5.98. The molecule has 2 aromatic heterocycles. The van der Waals surface area contributed by atoms with Crippen molar-refractivity contribution in [3.8, 4) is 0 Å². The van der Waals surface area contributed by atoms with Gasteiger partial charge in [0.25, 0.3) is 0 Å². The molecule has 2 aromatic rings. The molecule has 1 N–H and O–H groups in total. The number of rotatable bonds is 3. The fourth-order valence-corrected chi connectivity index (χ4v) is 3.14. The van der Waals surface area contributed by atoms with E-state index in [2.05, 4.69) is 40.8 Å². The van der Waals surface area contributed by atoms with Crippen molar-refractivity contribution in [2.24, 2.45) is 0 Å². The molecule has 3 heterocycles. The summed E-state index contributed by atoms with van der Waals surface area (Å²) < 4.78 is 5.43. The monoisotopic (exact) mass is 263 g/mol. The Morgan fingerprint density at radius 2 is 2.50 bits per heavy atom. The van der Waals surface area contributed by atoms with Gasteiger partial charge in [-0.05, 0) is 29.9 Å². The van der Waals surface area contributed by atoms with Crippen LogP contribution in [0.1, 0.15) is 54.4 Å². The second kappa shape index (κ2) is 4.82. The summed E-state index contributed by atoms with van der Waals surface area (Å²) in [5.74, 6) is 1.87. The first kappa shape index (κ1) is 11.9. The van der Waals surface area contributed by atoms with Gasteiger partial charge in [-0.2, -0.15) is 4.98 Å². The first-order valence-electron chi connectivity index (χ1n) is 6.42. The first-order chi connectivity index (χ1) is 8.79. The summed E-state index contributed by atoms with van der Waals surface area (Å²) in [6.07, 6.45) is 2.12. The van der Waals surface area contributed by atoms with Gasteiger partial charge in [0.15, 0.2) is 5.82 Å². The maximum absolute atomic E-state index is 5.43. The molecule has 1 aliphatic heterocycles. The number of thiophene rings is 1. The highest BCUT2D eigenvalue weighted by atomic mass is 32.1. The van der Waals surface area contributed by atoms with E-state index in [4.69, 9.17) is 4.52 Å². The summed E-state index contributed by atoms with van der Waals surface area (Å²) >= 11 is 1.81. The molecule has 0 radical (unpaired) electrons. The summed E-state index contributed by atoms with van der Waals surface area (Å²) in [6, 6.07) is 2.23. The van der Waals surface area contributed by atoms with Gasteiger partial charge in [0, 0.05) is 17.3 Å². The summed E-state index contributed by atoms with van der Waals surface area (Å²) in [5.41, 5.74) is 1.30. The van der Waals surface area contributed by atoms with E-state index < -0.39 is 0 Å². The molecule has 0 saturated heterocycles. The molecule has 3 rings (SSSR count). The van der Waals surface area contributed by atoms with Crippen molar-refractivity contribution in [2.75, 3.05) is 6.54 Å². The first-order valence-corrected chi connectivity index (χ1v) is 7.30. The van der Waals surface area contributed by atoms with Gasteiger partial charge in [0.1, 0.15) is 6.04 Å². The molecule has 4 nitrogen and oxygen atoms in total. The van der Waals surface area contributed by atoms with Gasteiger partial charge in [-0.3, -0.25) is 0 Å². The van der Waals surface area contributed by atoms with Crippen LogP contribution in [0.4, 0.5) is 0 Å². The van der Waals surface area contributed by atoms with E-state index in [1.807, 2.05) is 11.3 Å². The molecule has 18 heavy (non-hydrogen) atoms. The molecule has 0 aromatic carbocycles. The Bertz CT molecular complexity index is 534. The Morgan fingerprint density at radius 1 is 1.61 bits per heavy atom. The Morgan fingerprint density at radius 3 is 3.33 bits per heavy atom. The van der Waals surface area contributed by atoms with Gasteiger partial charge in [-0.25, -0.2) is 0 Å². The molecule has 0 amide bonds. The number of hydrogen-bond donors (Lipinski definition) is 1.